The van der Waals surface area contributed by atoms with Crippen molar-refractivity contribution in [2.75, 3.05) is 6.61 Å². The van der Waals surface area contributed by atoms with Crippen LogP contribution in [0.3, 0.4) is 0 Å². The van der Waals surface area contributed by atoms with Crippen molar-refractivity contribution in [2.45, 2.75) is 6.92 Å². The Morgan fingerprint density at radius 1 is 1.45 bits per heavy atom. The lowest BCUT2D eigenvalue weighted by Gasteiger charge is -2.05. The van der Waals surface area contributed by atoms with Crippen LogP contribution in [0, 0.1) is 11.3 Å². The van der Waals surface area contributed by atoms with Gasteiger partial charge in [-0.2, -0.15) is 15.4 Å². The lowest BCUT2D eigenvalue weighted by Crippen LogP contribution is -1.96. The molecule has 102 valence electrons. The first-order chi connectivity index (χ1) is 9.67. The van der Waals surface area contributed by atoms with Gasteiger partial charge in [0, 0.05) is 0 Å². The molecule has 0 bridgehead atoms. The van der Waals surface area contributed by atoms with E-state index in [0.717, 1.165) is 0 Å². The van der Waals surface area contributed by atoms with Crippen molar-refractivity contribution in [3.05, 3.63) is 40.0 Å². The molecule has 0 N–H and O–H groups in total. The first kappa shape index (κ1) is 14.4. The minimum atomic E-state index is 0.340. The molecule has 1 aromatic heterocycles. The Bertz CT molecular complexity index is 688. The smallest absolute Gasteiger partial charge is 0.176 e. The lowest BCUT2D eigenvalue weighted by molar-refractivity contribution is 0.343. The van der Waals surface area contributed by atoms with Gasteiger partial charge in [-0.1, -0.05) is 23.2 Å². The third-order valence-electron chi connectivity index (χ3n) is 2.43. The van der Waals surface area contributed by atoms with E-state index in [0.29, 0.717) is 33.7 Å². The van der Waals surface area contributed by atoms with Gasteiger partial charge in [0.1, 0.15) is 11.6 Å². The molecule has 0 spiro atoms. The van der Waals surface area contributed by atoms with Gasteiger partial charge in [-0.25, -0.2) is 4.68 Å². The number of nitrogens with zero attached hydrogens (tertiary/aromatic N) is 4. The molecule has 2 rings (SSSR count). The number of aromatic nitrogens is 2. The fourth-order valence-electron chi connectivity index (χ4n) is 1.51. The van der Waals surface area contributed by atoms with Crippen molar-refractivity contribution in [1.29, 1.82) is 5.26 Å². The first-order valence-electron chi connectivity index (χ1n) is 5.75. The number of hydrogen-bond acceptors (Lipinski definition) is 4. The summed E-state index contributed by atoms with van der Waals surface area (Å²) in [4.78, 5) is 4.11. The monoisotopic (exact) mass is 308 g/mol. The van der Waals surface area contributed by atoms with Crippen LogP contribution in [-0.4, -0.2) is 22.8 Å². The fourth-order valence-corrected chi connectivity index (χ4v) is 1.80. The predicted molar refractivity (Wildman–Crippen MR) is 78.1 cm³/mol. The predicted octanol–water partition coefficient (Wildman–Crippen LogP) is 3.75. The third-order valence-corrected chi connectivity index (χ3v) is 3.17. The Kier molecular flexibility index (Phi) is 4.61. The maximum Gasteiger partial charge on any atom is 0.176 e. The molecule has 20 heavy (non-hydrogen) atoms. The Morgan fingerprint density at radius 2 is 2.25 bits per heavy atom. The van der Waals surface area contributed by atoms with Crippen LogP contribution in [0.1, 0.15) is 12.5 Å². The molecule has 1 aromatic carbocycles. The molecule has 7 heteroatoms. The summed E-state index contributed by atoms with van der Waals surface area (Å²) in [5.74, 6) is 0.374. The van der Waals surface area contributed by atoms with Gasteiger partial charge in [-0.3, -0.25) is 0 Å². The van der Waals surface area contributed by atoms with Crippen molar-refractivity contribution in [3.8, 4) is 11.8 Å². The van der Waals surface area contributed by atoms with E-state index in [1.54, 1.807) is 18.2 Å². The number of aliphatic imine (C=N–C) groups is 1. The van der Waals surface area contributed by atoms with E-state index >= 15 is 0 Å². The number of rotatable bonds is 4. The molecule has 0 fully saturated rings. The van der Waals surface area contributed by atoms with Gasteiger partial charge in [0.05, 0.1) is 28.5 Å². The number of halogens is 2. The summed E-state index contributed by atoms with van der Waals surface area (Å²) in [7, 11) is 0. The van der Waals surface area contributed by atoms with E-state index in [2.05, 4.69) is 10.1 Å². The third kappa shape index (κ3) is 2.93. The SMILES string of the molecule is CCOC=Nc1c(C#N)cnn1-c1ccc(Cl)c(Cl)c1. The highest BCUT2D eigenvalue weighted by Gasteiger charge is 2.12. The van der Waals surface area contributed by atoms with Crippen molar-refractivity contribution in [2.24, 2.45) is 4.99 Å². The second kappa shape index (κ2) is 6.42. The normalized spacial score (nSPS) is 10.7. The van der Waals surface area contributed by atoms with Crippen LogP contribution in [0.15, 0.2) is 29.4 Å². The van der Waals surface area contributed by atoms with Gasteiger partial charge in [0.25, 0.3) is 0 Å². The topological polar surface area (TPSA) is 63.2 Å². The van der Waals surface area contributed by atoms with Gasteiger partial charge in [-0.15, -0.1) is 0 Å². The molecule has 0 saturated heterocycles. The van der Waals surface area contributed by atoms with Crippen LogP contribution in [-0.2, 0) is 4.74 Å². The van der Waals surface area contributed by atoms with Gasteiger partial charge in [0.2, 0.25) is 0 Å². The van der Waals surface area contributed by atoms with Gasteiger partial charge < -0.3 is 4.74 Å². The largest absolute Gasteiger partial charge is 0.483 e. The van der Waals surface area contributed by atoms with Crippen LogP contribution in [0.2, 0.25) is 10.0 Å². The minimum Gasteiger partial charge on any atom is -0.483 e. The highest BCUT2D eigenvalue weighted by Crippen LogP contribution is 2.28. The summed E-state index contributed by atoms with van der Waals surface area (Å²) in [6.45, 7) is 2.33. The molecule has 0 atom stereocenters. The second-order valence-electron chi connectivity index (χ2n) is 3.69. The van der Waals surface area contributed by atoms with Crippen LogP contribution in [0.5, 0.6) is 0 Å². The van der Waals surface area contributed by atoms with Crippen molar-refractivity contribution < 1.29 is 4.74 Å². The van der Waals surface area contributed by atoms with Gasteiger partial charge in [0.15, 0.2) is 12.2 Å². The van der Waals surface area contributed by atoms with E-state index in [1.165, 1.54) is 17.3 Å². The zero-order chi connectivity index (χ0) is 14.5. The lowest BCUT2D eigenvalue weighted by atomic mass is 10.3. The molecule has 2 aromatic rings. The summed E-state index contributed by atoms with van der Waals surface area (Å²) >= 11 is 11.9. The maximum atomic E-state index is 9.07. The van der Waals surface area contributed by atoms with Crippen LogP contribution in [0.4, 0.5) is 5.82 Å². The summed E-state index contributed by atoms with van der Waals surface area (Å²) in [5.41, 5.74) is 0.997. The zero-order valence-corrected chi connectivity index (χ0v) is 12.1. The molecule has 0 saturated carbocycles. The molecule has 5 nitrogen and oxygen atoms in total. The quantitative estimate of drug-likeness (QED) is 0.638. The van der Waals surface area contributed by atoms with Crippen LogP contribution < -0.4 is 0 Å². The Balaban J connectivity index is 2.48. The Hall–Kier alpha value is -2.03. The number of benzene rings is 1. The van der Waals surface area contributed by atoms with Crippen LogP contribution >= 0.6 is 23.2 Å². The second-order valence-corrected chi connectivity index (χ2v) is 4.51. The number of hydrogen-bond donors (Lipinski definition) is 0. The maximum absolute atomic E-state index is 9.07. The van der Waals surface area contributed by atoms with Crippen molar-refractivity contribution in [3.63, 3.8) is 0 Å². The summed E-state index contributed by atoms with van der Waals surface area (Å²) in [6, 6.07) is 7.07. The van der Waals surface area contributed by atoms with Crippen molar-refractivity contribution in [1.82, 2.24) is 9.78 Å². The fraction of sp³-hybridized carbons (Fsp3) is 0.154. The molecule has 1 heterocycles. The van der Waals surface area contributed by atoms with Gasteiger partial charge in [-0.05, 0) is 25.1 Å². The molecular formula is C13H10Cl2N4O. The van der Waals surface area contributed by atoms with E-state index in [-0.39, 0.29) is 0 Å². The molecule has 0 unspecified atom stereocenters. The van der Waals surface area contributed by atoms with E-state index < -0.39 is 0 Å². The number of nitriles is 1. The zero-order valence-electron chi connectivity index (χ0n) is 10.5. The molecule has 0 amide bonds. The molecule has 0 aliphatic heterocycles. The standard InChI is InChI=1S/C13H10Cl2N4O/c1-2-20-8-17-13-9(6-16)7-18-19(13)10-3-4-11(14)12(15)5-10/h3-5,7-8H,2H2,1H3. The highest BCUT2D eigenvalue weighted by molar-refractivity contribution is 6.42. The van der Waals surface area contributed by atoms with E-state index in [9.17, 15) is 0 Å². The molecular weight excluding hydrogens is 299 g/mol. The number of ether oxygens (including phenoxy) is 1. The van der Waals surface area contributed by atoms with E-state index in [1.807, 2.05) is 13.0 Å². The molecule has 0 radical (unpaired) electrons. The summed E-state index contributed by atoms with van der Waals surface area (Å²) in [5, 5.41) is 14.0. The first-order valence-corrected chi connectivity index (χ1v) is 6.50. The Morgan fingerprint density at radius 3 is 2.90 bits per heavy atom. The average Bonchev–Trinajstić information content (AvgIpc) is 2.85. The highest BCUT2D eigenvalue weighted by atomic mass is 35.5. The Labute approximate surface area is 126 Å². The summed E-state index contributed by atoms with van der Waals surface area (Å²) in [6.07, 6.45) is 2.72. The average molecular weight is 309 g/mol. The van der Waals surface area contributed by atoms with Crippen molar-refractivity contribution >= 4 is 35.4 Å². The van der Waals surface area contributed by atoms with Crippen LogP contribution in [0.25, 0.3) is 5.69 Å². The van der Waals surface area contributed by atoms with Gasteiger partial charge >= 0.3 is 0 Å². The molecule has 0 aliphatic rings. The summed E-state index contributed by atoms with van der Waals surface area (Å²) < 4.78 is 6.55. The minimum absolute atomic E-state index is 0.340. The molecule has 0 aliphatic carbocycles. The van der Waals surface area contributed by atoms with E-state index in [4.69, 9.17) is 33.2 Å².